The smallest absolute Gasteiger partial charge is 0.126 e. The van der Waals surface area contributed by atoms with E-state index in [4.69, 9.17) is 9.47 Å². The van der Waals surface area contributed by atoms with Gasteiger partial charge in [0.15, 0.2) is 0 Å². The zero-order chi connectivity index (χ0) is 20.2. The van der Waals surface area contributed by atoms with Crippen molar-refractivity contribution in [3.8, 4) is 11.5 Å². The lowest BCUT2D eigenvalue weighted by Gasteiger charge is -2.15. The molecule has 0 aliphatic carbocycles. The van der Waals surface area contributed by atoms with Crippen LogP contribution in [0.4, 0.5) is 0 Å². The molecule has 0 saturated carbocycles. The van der Waals surface area contributed by atoms with Crippen LogP contribution in [-0.2, 0) is 6.42 Å². The number of hydrogen-bond acceptors (Lipinski definition) is 2. The lowest BCUT2D eigenvalue weighted by Crippen LogP contribution is -2.03. The summed E-state index contributed by atoms with van der Waals surface area (Å²) in [6.07, 6.45) is 2.03. The van der Waals surface area contributed by atoms with E-state index < -0.39 is 0 Å². The van der Waals surface area contributed by atoms with Gasteiger partial charge in [-0.3, -0.25) is 0 Å². The molecule has 2 heteroatoms. The summed E-state index contributed by atoms with van der Waals surface area (Å²) < 4.78 is 11.6. The van der Waals surface area contributed by atoms with E-state index >= 15 is 0 Å². The van der Waals surface area contributed by atoms with Crippen molar-refractivity contribution in [3.63, 3.8) is 0 Å². The van der Waals surface area contributed by atoms with Crippen LogP contribution in [0.1, 0.15) is 37.3 Å². The van der Waals surface area contributed by atoms with Crippen LogP contribution in [0.15, 0.2) is 72.8 Å². The van der Waals surface area contributed by atoms with Crippen molar-refractivity contribution >= 4 is 21.5 Å². The lowest BCUT2D eigenvalue weighted by atomic mass is 9.95. The number of aryl methyl sites for hydroxylation is 1. The monoisotopic (exact) mass is 384 g/mol. The summed E-state index contributed by atoms with van der Waals surface area (Å²) in [4.78, 5) is 0. The number of methoxy groups -OCH3 is 1. The lowest BCUT2D eigenvalue weighted by molar-refractivity contribution is 0.301. The Bertz CT molecular complexity index is 1130. The van der Waals surface area contributed by atoms with Gasteiger partial charge in [0.1, 0.15) is 11.5 Å². The number of benzene rings is 4. The van der Waals surface area contributed by atoms with E-state index in [0.717, 1.165) is 29.7 Å². The molecule has 0 aliphatic heterocycles. The Morgan fingerprint density at radius 3 is 2.52 bits per heavy atom. The first-order valence-corrected chi connectivity index (χ1v) is 10.4. The fourth-order valence-corrected chi connectivity index (χ4v) is 3.86. The van der Waals surface area contributed by atoms with Crippen LogP contribution >= 0.6 is 0 Å². The van der Waals surface area contributed by atoms with Crippen LogP contribution in [0.3, 0.4) is 0 Å². The van der Waals surface area contributed by atoms with Gasteiger partial charge in [-0.15, -0.1) is 0 Å². The Balaban J connectivity index is 1.42. The highest BCUT2D eigenvalue weighted by Gasteiger charge is 2.09. The maximum atomic E-state index is 6.08. The van der Waals surface area contributed by atoms with Crippen LogP contribution in [-0.4, -0.2) is 13.7 Å². The molecule has 4 rings (SSSR count). The van der Waals surface area contributed by atoms with E-state index in [1.165, 1.54) is 27.3 Å². The van der Waals surface area contributed by atoms with Crippen molar-refractivity contribution in [3.05, 3.63) is 83.9 Å². The van der Waals surface area contributed by atoms with Gasteiger partial charge >= 0.3 is 0 Å². The van der Waals surface area contributed by atoms with E-state index in [-0.39, 0.29) is 0 Å². The Hall–Kier alpha value is -3.00. The molecule has 2 nitrogen and oxygen atoms in total. The highest BCUT2D eigenvalue weighted by Crippen LogP contribution is 2.30. The molecule has 4 aromatic rings. The van der Waals surface area contributed by atoms with Crippen molar-refractivity contribution in [2.75, 3.05) is 13.7 Å². The first-order valence-electron chi connectivity index (χ1n) is 10.4. The van der Waals surface area contributed by atoms with Gasteiger partial charge in [0.05, 0.1) is 13.7 Å². The predicted octanol–water partition coefficient (Wildman–Crippen LogP) is 7.14. The fourth-order valence-electron chi connectivity index (χ4n) is 3.86. The number of hydrogen-bond donors (Lipinski definition) is 0. The molecule has 0 spiro atoms. The van der Waals surface area contributed by atoms with E-state index in [1.807, 2.05) is 12.1 Å². The van der Waals surface area contributed by atoms with E-state index in [1.54, 1.807) is 7.11 Å². The number of fused-ring (bicyclic) bond motifs is 2. The molecule has 1 unspecified atom stereocenters. The van der Waals surface area contributed by atoms with Crippen molar-refractivity contribution in [2.24, 2.45) is 0 Å². The molecule has 0 radical (unpaired) electrons. The molecule has 4 aromatic carbocycles. The summed E-state index contributed by atoms with van der Waals surface area (Å²) >= 11 is 0. The second-order valence-electron chi connectivity index (χ2n) is 7.68. The van der Waals surface area contributed by atoms with Gasteiger partial charge in [-0.25, -0.2) is 0 Å². The molecule has 0 N–H and O–H groups in total. The average Bonchev–Trinajstić information content (AvgIpc) is 2.77. The number of ether oxygens (including phenoxy) is 2. The molecular formula is C27H28O2. The summed E-state index contributed by atoms with van der Waals surface area (Å²) in [6, 6.07) is 25.8. The van der Waals surface area contributed by atoms with Gasteiger partial charge in [0.2, 0.25) is 0 Å². The van der Waals surface area contributed by atoms with Crippen molar-refractivity contribution in [1.82, 2.24) is 0 Å². The predicted molar refractivity (Wildman–Crippen MR) is 122 cm³/mol. The second-order valence-corrected chi connectivity index (χ2v) is 7.68. The Morgan fingerprint density at radius 2 is 1.69 bits per heavy atom. The zero-order valence-electron chi connectivity index (χ0n) is 17.4. The largest absolute Gasteiger partial charge is 0.496 e. The maximum absolute atomic E-state index is 6.08. The summed E-state index contributed by atoms with van der Waals surface area (Å²) in [7, 11) is 1.72. The van der Waals surface area contributed by atoms with Crippen molar-refractivity contribution in [2.45, 2.75) is 32.6 Å². The first-order chi connectivity index (χ1) is 14.2. The van der Waals surface area contributed by atoms with Crippen molar-refractivity contribution < 1.29 is 9.47 Å². The molecule has 148 valence electrons. The third-order valence-corrected chi connectivity index (χ3v) is 5.76. The molecule has 1 atom stereocenters. The van der Waals surface area contributed by atoms with Gasteiger partial charge in [-0.05, 0) is 64.2 Å². The van der Waals surface area contributed by atoms with Crippen LogP contribution in [0, 0.1) is 0 Å². The van der Waals surface area contributed by atoms with Crippen LogP contribution < -0.4 is 9.47 Å². The quantitative estimate of drug-likeness (QED) is 0.337. The van der Waals surface area contributed by atoms with E-state index in [0.29, 0.717) is 12.5 Å². The minimum absolute atomic E-state index is 0.428. The van der Waals surface area contributed by atoms with Crippen LogP contribution in [0.5, 0.6) is 11.5 Å². The maximum Gasteiger partial charge on any atom is 0.126 e. The molecule has 0 aliphatic rings. The van der Waals surface area contributed by atoms with E-state index in [2.05, 4.69) is 74.5 Å². The molecule has 0 fully saturated rings. The molecule has 29 heavy (non-hydrogen) atoms. The first kappa shape index (κ1) is 19.3. The molecular weight excluding hydrogens is 356 g/mol. The van der Waals surface area contributed by atoms with Crippen molar-refractivity contribution in [1.29, 1.82) is 0 Å². The summed E-state index contributed by atoms with van der Waals surface area (Å²) in [5.74, 6) is 2.30. The minimum atomic E-state index is 0.428. The summed E-state index contributed by atoms with van der Waals surface area (Å²) in [5.41, 5.74) is 2.69. The minimum Gasteiger partial charge on any atom is -0.496 e. The zero-order valence-corrected chi connectivity index (χ0v) is 17.4. The third kappa shape index (κ3) is 4.22. The average molecular weight is 385 g/mol. The topological polar surface area (TPSA) is 18.5 Å². The van der Waals surface area contributed by atoms with Gasteiger partial charge in [-0.2, -0.15) is 0 Å². The standard InChI is InChI=1S/C27H28O2/c1-4-20-8-9-21-10-12-25(18-24(21)16-20)29-15-14-19(2)22-11-13-26-23(17-22)6-5-7-27(26)28-3/h5-13,16-19H,4,14-15H2,1-3H3. The second kappa shape index (κ2) is 8.57. The van der Waals surface area contributed by atoms with Gasteiger partial charge in [-0.1, -0.05) is 68.4 Å². The summed E-state index contributed by atoms with van der Waals surface area (Å²) in [5, 5.41) is 4.88. The van der Waals surface area contributed by atoms with Crippen LogP contribution in [0.25, 0.3) is 21.5 Å². The van der Waals surface area contributed by atoms with E-state index in [9.17, 15) is 0 Å². The van der Waals surface area contributed by atoms with Gasteiger partial charge < -0.3 is 9.47 Å². The third-order valence-electron chi connectivity index (χ3n) is 5.76. The Kier molecular flexibility index (Phi) is 5.71. The van der Waals surface area contributed by atoms with Gasteiger partial charge in [0, 0.05) is 5.39 Å². The molecule has 0 bridgehead atoms. The highest BCUT2D eigenvalue weighted by molar-refractivity contribution is 5.89. The normalized spacial score (nSPS) is 12.2. The molecule has 0 aromatic heterocycles. The number of rotatable bonds is 7. The fraction of sp³-hybridized carbons (Fsp3) is 0.259. The summed E-state index contributed by atoms with van der Waals surface area (Å²) in [6.45, 7) is 5.15. The molecule has 0 heterocycles. The molecule has 0 saturated heterocycles. The van der Waals surface area contributed by atoms with Crippen LogP contribution in [0.2, 0.25) is 0 Å². The molecule has 0 amide bonds. The Labute approximate surface area is 173 Å². The highest BCUT2D eigenvalue weighted by atomic mass is 16.5. The Morgan fingerprint density at radius 1 is 0.828 bits per heavy atom. The van der Waals surface area contributed by atoms with Gasteiger partial charge in [0.25, 0.3) is 0 Å². The SMILES string of the molecule is CCc1ccc2ccc(OCCC(C)c3ccc4c(OC)cccc4c3)cc2c1.